The molecule has 0 radical (unpaired) electrons. The Morgan fingerprint density at radius 1 is 1.33 bits per heavy atom. The molecule has 0 saturated heterocycles. The van der Waals surface area contributed by atoms with Crippen molar-refractivity contribution in [3.8, 4) is 0 Å². The van der Waals surface area contributed by atoms with Gasteiger partial charge in [0.1, 0.15) is 4.99 Å². The first kappa shape index (κ1) is 13.6. The van der Waals surface area contributed by atoms with Gasteiger partial charge in [0.05, 0.1) is 0 Å². The van der Waals surface area contributed by atoms with E-state index in [0.29, 0.717) is 10.0 Å². The average molecular weight is 283 g/mol. The highest BCUT2D eigenvalue weighted by Gasteiger charge is 2.27. The van der Waals surface area contributed by atoms with Gasteiger partial charge in [-0.2, -0.15) is 0 Å². The summed E-state index contributed by atoms with van der Waals surface area (Å²) in [6, 6.07) is 5.62. The number of hydrogen-bond acceptors (Lipinski definition) is 2. The lowest BCUT2D eigenvalue weighted by Crippen LogP contribution is -2.37. The lowest BCUT2D eigenvalue weighted by Gasteiger charge is -2.36. The summed E-state index contributed by atoms with van der Waals surface area (Å²) >= 11 is 11.2. The van der Waals surface area contributed by atoms with E-state index in [9.17, 15) is 0 Å². The van der Waals surface area contributed by atoms with Crippen LogP contribution >= 0.6 is 23.8 Å². The molecule has 4 heteroatoms. The van der Waals surface area contributed by atoms with E-state index in [1.165, 1.54) is 32.1 Å². The smallest absolute Gasteiger partial charge is 0.106 e. The summed E-state index contributed by atoms with van der Waals surface area (Å²) in [6.45, 7) is 2.26. The zero-order chi connectivity index (χ0) is 13.2. The Bertz CT molecular complexity index is 453. The van der Waals surface area contributed by atoms with Crippen molar-refractivity contribution < 1.29 is 0 Å². The Morgan fingerprint density at radius 3 is 2.61 bits per heavy atom. The Hall–Kier alpha value is -0.800. The summed E-state index contributed by atoms with van der Waals surface area (Å²) in [7, 11) is 0. The second-order valence-corrected chi connectivity index (χ2v) is 6.18. The van der Waals surface area contributed by atoms with Crippen LogP contribution < -0.4 is 11.1 Å². The fourth-order valence-electron chi connectivity index (χ4n) is 2.62. The van der Waals surface area contributed by atoms with E-state index in [1.807, 2.05) is 18.2 Å². The average Bonchev–Trinajstić information content (AvgIpc) is 2.28. The van der Waals surface area contributed by atoms with Crippen LogP contribution in [0.15, 0.2) is 18.2 Å². The van der Waals surface area contributed by atoms with E-state index in [4.69, 9.17) is 29.6 Å². The summed E-state index contributed by atoms with van der Waals surface area (Å²) in [5, 5.41) is 4.30. The second kappa shape index (κ2) is 5.45. The minimum absolute atomic E-state index is 0.127. The van der Waals surface area contributed by atoms with Crippen molar-refractivity contribution in [1.82, 2.24) is 0 Å². The molecule has 0 aromatic heterocycles. The molecule has 0 aliphatic heterocycles. The molecule has 0 unspecified atom stereocenters. The normalized spacial score (nSPS) is 18.3. The lowest BCUT2D eigenvalue weighted by atomic mass is 9.83. The fraction of sp³-hybridized carbons (Fsp3) is 0.500. The molecule has 18 heavy (non-hydrogen) atoms. The van der Waals surface area contributed by atoms with Crippen LogP contribution in [-0.4, -0.2) is 10.5 Å². The molecule has 0 amide bonds. The third-order valence-corrected chi connectivity index (χ3v) is 4.10. The number of thiocarbonyl (C=S) groups is 1. The number of halogens is 1. The van der Waals surface area contributed by atoms with Crippen molar-refractivity contribution >= 4 is 34.5 Å². The number of nitrogens with two attached hydrogens (primary N) is 1. The van der Waals surface area contributed by atoms with E-state index < -0.39 is 0 Å². The van der Waals surface area contributed by atoms with Crippen molar-refractivity contribution in [2.24, 2.45) is 5.73 Å². The molecule has 1 saturated carbocycles. The maximum Gasteiger partial charge on any atom is 0.106 e. The molecule has 1 aliphatic rings. The molecule has 1 aromatic rings. The molecule has 1 aliphatic carbocycles. The van der Waals surface area contributed by atoms with Gasteiger partial charge in [-0.1, -0.05) is 43.1 Å². The van der Waals surface area contributed by atoms with Gasteiger partial charge in [-0.3, -0.25) is 0 Å². The lowest BCUT2D eigenvalue weighted by molar-refractivity contribution is 0.349. The fourth-order valence-corrected chi connectivity index (χ4v) is 2.97. The Balaban J connectivity index is 2.26. The minimum Gasteiger partial charge on any atom is -0.389 e. The predicted octanol–water partition coefficient (Wildman–Crippen LogP) is 4.11. The summed E-state index contributed by atoms with van der Waals surface area (Å²) in [5.41, 5.74) is 7.72. The summed E-state index contributed by atoms with van der Waals surface area (Å²) in [5.74, 6) is 0. The van der Waals surface area contributed by atoms with Gasteiger partial charge in [-0.05, 0) is 38.0 Å². The Kier molecular flexibility index (Phi) is 4.13. The van der Waals surface area contributed by atoms with E-state index in [0.717, 1.165) is 11.3 Å². The van der Waals surface area contributed by atoms with Crippen LogP contribution in [0.4, 0.5) is 5.69 Å². The zero-order valence-corrected chi connectivity index (χ0v) is 12.2. The maximum atomic E-state index is 6.06. The van der Waals surface area contributed by atoms with Gasteiger partial charge in [0, 0.05) is 21.8 Å². The second-order valence-electron chi connectivity index (χ2n) is 5.30. The van der Waals surface area contributed by atoms with Crippen molar-refractivity contribution in [2.45, 2.75) is 44.6 Å². The molecule has 2 rings (SSSR count). The zero-order valence-electron chi connectivity index (χ0n) is 10.6. The molecular weight excluding hydrogens is 264 g/mol. The Labute approximate surface area is 119 Å². The van der Waals surface area contributed by atoms with Crippen LogP contribution in [0.5, 0.6) is 0 Å². The Morgan fingerprint density at radius 2 is 2.00 bits per heavy atom. The van der Waals surface area contributed by atoms with Crippen LogP contribution in [-0.2, 0) is 0 Å². The van der Waals surface area contributed by atoms with Gasteiger partial charge in [-0.15, -0.1) is 0 Å². The monoisotopic (exact) mass is 282 g/mol. The van der Waals surface area contributed by atoms with Gasteiger partial charge in [0.25, 0.3) is 0 Å². The highest BCUT2D eigenvalue weighted by Crippen LogP contribution is 2.33. The van der Waals surface area contributed by atoms with E-state index in [-0.39, 0.29) is 5.54 Å². The van der Waals surface area contributed by atoms with Gasteiger partial charge in [-0.25, -0.2) is 0 Å². The van der Waals surface area contributed by atoms with Crippen LogP contribution in [0.1, 0.15) is 44.6 Å². The van der Waals surface area contributed by atoms with Gasteiger partial charge in [0.2, 0.25) is 0 Å². The summed E-state index contributed by atoms with van der Waals surface area (Å²) in [6.07, 6.45) is 6.22. The van der Waals surface area contributed by atoms with Gasteiger partial charge < -0.3 is 11.1 Å². The molecule has 1 aromatic carbocycles. The van der Waals surface area contributed by atoms with Crippen molar-refractivity contribution in [3.63, 3.8) is 0 Å². The summed E-state index contributed by atoms with van der Waals surface area (Å²) in [4.78, 5) is 0.411. The quantitative estimate of drug-likeness (QED) is 0.820. The van der Waals surface area contributed by atoms with Crippen LogP contribution in [0.3, 0.4) is 0 Å². The van der Waals surface area contributed by atoms with Crippen LogP contribution in [0, 0.1) is 0 Å². The van der Waals surface area contributed by atoms with Crippen LogP contribution in [0.2, 0.25) is 5.02 Å². The third-order valence-electron chi connectivity index (χ3n) is 3.64. The first-order chi connectivity index (χ1) is 8.50. The van der Waals surface area contributed by atoms with E-state index in [1.54, 1.807) is 0 Å². The number of anilines is 1. The third kappa shape index (κ3) is 3.15. The molecular formula is C14H19ClN2S. The molecule has 98 valence electrons. The largest absolute Gasteiger partial charge is 0.389 e. The summed E-state index contributed by atoms with van der Waals surface area (Å²) < 4.78 is 0. The first-order valence-electron chi connectivity index (χ1n) is 6.38. The van der Waals surface area contributed by atoms with Crippen LogP contribution in [0.25, 0.3) is 0 Å². The number of rotatable bonds is 3. The molecule has 0 atom stereocenters. The topological polar surface area (TPSA) is 38.0 Å². The molecule has 3 N–H and O–H groups in total. The molecule has 0 spiro atoms. The van der Waals surface area contributed by atoms with Crippen molar-refractivity contribution in [2.75, 3.05) is 5.32 Å². The van der Waals surface area contributed by atoms with Crippen molar-refractivity contribution in [1.29, 1.82) is 0 Å². The number of benzene rings is 1. The SMILES string of the molecule is CC1(Nc2cc(Cl)ccc2C(N)=S)CCCCC1. The standard InChI is InChI=1S/C14H19ClN2S/c1-14(7-3-2-4-8-14)17-12-9-10(15)5-6-11(12)13(16)18/h5-6,9,17H,2-4,7-8H2,1H3,(H2,16,18). The van der Waals surface area contributed by atoms with Crippen molar-refractivity contribution in [3.05, 3.63) is 28.8 Å². The van der Waals surface area contributed by atoms with E-state index in [2.05, 4.69) is 12.2 Å². The molecule has 0 bridgehead atoms. The highest BCUT2D eigenvalue weighted by atomic mass is 35.5. The van der Waals surface area contributed by atoms with Gasteiger partial charge in [0.15, 0.2) is 0 Å². The minimum atomic E-state index is 0.127. The first-order valence-corrected chi connectivity index (χ1v) is 7.16. The maximum absolute atomic E-state index is 6.06. The molecule has 1 fully saturated rings. The highest BCUT2D eigenvalue weighted by molar-refractivity contribution is 7.80. The molecule has 0 heterocycles. The molecule has 2 nitrogen and oxygen atoms in total. The number of nitrogens with one attached hydrogen (secondary N) is 1. The van der Waals surface area contributed by atoms with E-state index >= 15 is 0 Å². The van der Waals surface area contributed by atoms with Gasteiger partial charge >= 0.3 is 0 Å². The predicted molar refractivity (Wildman–Crippen MR) is 82.5 cm³/mol. The number of hydrogen-bond donors (Lipinski definition) is 2.